The van der Waals surface area contributed by atoms with E-state index in [-0.39, 0.29) is 11.8 Å². The minimum atomic E-state index is 0.119. The summed E-state index contributed by atoms with van der Waals surface area (Å²) in [5, 5.41) is 6.21. The van der Waals surface area contributed by atoms with Crippen LogP contribution in [0.4, 0.5) is 5.69 Å². The minimum absolute atomic E-state index is 0.119. The Labute approximate surface area is 109 Å². The van der Waals surface area contributed by atoms with Gasteiger partial charge in [-0.3, -0.25) is 4.79 Å². The maximum atomic E-state index is 11.9. The van der Waals surface area contributed by atoms with Gasteiger partial charge in [0.05, 0.1) is 5.92 Å². The molecule has 1 aromatic carbocycles. The summed E-state index contributed by atoms with van der Waals surface area (Å²) in [6.07, 6.45) is 2.08. The van der Waals surface area contributed by atoms with Gasteiger partial charge in [0, 0.05) is 15.8 Å². The molecular weight excluding hydrogens is 315 g/mol. The first-order valence-electron chi connectivity index (χ1n) is 5.53. The molecule has 1 atom stereocenters. The van der Waals surface area contributed by atoms with E-state index < -0.39 is 0 Å². The summed E-state index contributed by atoms with van der Waals surface area (Å²) in [6, 6.07) is 7.87. The number of halogens is 1. The van der Waals surface area contributed by atoms with Crippen LogP contribution in [-0.2, 0) is 4.79 Å². The Morgan fingerprint density at radius 1 is 1.38 bits per heavy atom. The number of benzene rings is 1. The molecule has 16 heavy (non-hydrogen) atoms. The Hall–Kier alpha value is -0.620. The van der Waals surface area contributed by atoms with E-state index in [0.29, 0.717) is 0 Å². The van der Waals surface area contributed by atoms with Gasteiger partial charge in [-0.15, -0.1) is 0 Å². The fraction of sp³-hybridized carbons (Fsp3) is 0.417. The highest BCUT2D eigenvalue weighted by Gasteiger charge is 2.20. The zero-order chi connectivity index (χ0) is 11.4. The van der Waals surface area contributed by atoms with Crippen LogP contribution in [0.3, 0.4) is 0 Å². The second-order valence-electron chi connectivity index (χ2n) is 4.04. The molecule has 1 aliphatic heterocycles. The number of hydrogen-bond acceptors (Lipinski definition) is 2. The van der Waals surface area contributed by atoms with E-state index in [0.717, 1.165) is 31.6 Å². The number of carbonyl (C=O) groups excluding carboxylic acids is 1. The standard InChI is InChI=1S/C12H15IN2O/c13-10-3-5-11(6-4-10)15-12(16)9-2-1-7-14-8-9/h3-6,9,14H,1-2,7-8H2,(H,15,16)/t9-/m0/s1. The number of rotatable bonds is 2. The number of hydrogen-bond donors (Lipinski definition) is 2. The van der Waals surface area contributed by atoms with E-state index in [1.807, 2.05) is 24.3 Å². The third-order valence-corrected chi connectivity index (χ3v) is 3.50. The number of carbonyl (C=O) groups is 1. The van der Waals surface area contributed by atoms with Gasteiger partial charge in [0.25, 0.3) is 0 Å². The van der Waals surface area contributed by atoms with Crippen molar-refractivity contribution in [1.29, 1.82) is 0 Å². The van der Waals surface area contributed by atoms with Crippen LogP contribution in [-0.4, -0.2) is 19.0 Å². The van der Waals surface area contributed by atoms with E-state index in [1.54, 1.807) is 0 Å². The van der Waals surface area contributed by atoms with E-state index in [2.05, 4.69) is 33.2 Å². The highest BCUT2D eigenvalue weighted by molar-refractivity contribution is 14.1. The molecule has 0 saturated carbocycles. The maximum absolute atomic E-state index is 11.9. The molecule has 1 fully saturated rings. The molecule has 1 aliphatic rings. The van der Waals surface area contributed by atoms with Gasteiger partial charge in [-0.25, -0.2) is 0 Å². The van der Waals surface area contributed by atoms with Crippen molar-refractivity contribution in [3.63, 3.8) is 0 Å². The van der Waals surface area contributed by atoms with Gasteiger partial charge in [-0.05, 0) is 66.2 Å². The van der Waals surface area contributed by atoms with Crippen LogP contribution in [0, 0.1) is 9.49 Å². The average Bonchev–Trinajstić information content (AvgIpc) is 2.33. The zero-order valence-corrected chi connectivity index (χ0v) is 11.2. The molecule has 0 aromatic heterocycles. The third-order valence-electron chi connectivity index (χ3n) is 2.78. The number of anilines is 1. The van der Waals surface area contributed by atoms with Crippen LogP contribution < -0.4 is 10.6 Å². The van der Waals surface area contributed by atoms with E-state index in [9.17, 15) is 4.79 Å². The number of amides is 1. The Bertz CT molecular complexity index is 358. The quantitative estimate of drug-likeness (QED) is 0.817. The lowest BCUT2D eigenvalue weighted by Crippen LogP contribution is -2.37. The second-order valence-corrected chi connectivity index (χ2v) is 5.29. The molecular formula is C12H15IN2O. The lowest BCUT2D eigenvalue weighted by molar-refractivity contribution is -0.120. The van der Waals surface area contributed by atoms with Crippen molar-refractivity contribution in [3.05, 3.63) is 27.8 Å². The van der Waals surface area contributed by atoms with E-state index >= 15 is 0 Å². The molecule has 1 heterocycles. The molecule has 1 saturated heterocycles. The normalized spacial score (nSPS) is 20.4. The van der Waals surface area contributed by atoms with Crippen molar-refractivity contribution in [2.24, 2.45) is 5.92 Å². The molecule has 0 radical (unpaired) electrons. The van der Waals surface area contributed by atoms with Crippen molar-refractivity contribution in [2.75, 3.05) is 18.4 Å². The van der Waals surface area contributed by atoms with Gasteiger partial charge in [-0.1, -0.05) is 0 Å². The molecule has 0 aliphatic carbocycles. The lowest BCUT2D eigenvalue weighted by Gasteiger charge is -2.21. The highest BCUT2D eigenvalue weighted by Crippen LogP contribution is 2.15. The third kappa shape index (κ3) is 3.18. The molecule has 0 unspecified atom stereocenters. The molecule has 2 N–H and O–H groups in total. The van der Waals surface area contributed by atoms with Crippen molar-refractivity contribution in [1.82, 2.24) is 5.32 Å². The van der Waals surface area contributed by atoms with Crippen molar-refractivity contribution >= 4 is 34.2 Å². The summed E-state index contributed by atoms with van der Waals surface area (Å²) < 4.78 is 1.18. The summed E-state index contributed by atoms with van der Waals surface area (Å²) in [6.45, 7) is 1.84. The maximum Gasteiger partial charge on any atom is 0.228 e. The molecule has 1 aromatic rings. The number of piperidine rings is 1. The van der Waals surface area contributed by atoms with Crippen molar-refractivity contribution in [2.45, 2.75) is 12.8 Å². The molecule has 4 heteroatoms. The SMILES string of the molecule is O=C(Nc1ccc(I)cc1)[C@H]1CCCNC1. The number of nitrogens with one attached hydrogen (secondary N) is 2. The van der Waals surface area contributed by atoms with E-state index in [1.165, 1.54) is 3.57 Å². The largest absolute Gasteiger partial charge is 0.326 e. The van der Waals surface area contributed by atoms with Crippen molar-refractivity contribution in [3.8, 4) is 0 Å². The molecule has 3 nitrogen and oxygen atoms in total. The molecule has 0 bridgehead atoms. The topological polar surface area (TPSA) is 41.1 Å². The molecule has 0 spiro atoms. The smallest absolute Gasteiger partial charge is 0.228 e. The lowest BCUT2D eigenvalue weighted by atomic mass is 9.99. The first-order valence-corrected chi connectivity index (χ1v) is 6.61. The Balaban J connectivity index is 1.93. The first-order chi connectivity index (χ1) is 7.75. The van der Waals surface area contributed by atoms with Crippen molar-refractivity contribution < 1.29 is 4.79 Å². The van der Waals surface area contributed by atoms with E-state index in [4.69, 9.17) is 0 Å². The van der Waals surface area contributed by atoms with Crippen LogP contribution in [0.1, 0.15) is 12.8 Å². The fourth-order valence-corrected chi connectivity index (χ4v) is 2.21. The van der Waals surface area contributed by atoms with Crippen LogP contribution in [0.2, 0.25) is 0 Å². The Kier molecular flexibility index (Phi) is 4.17. The fourth-order valence-electron chi connectivity index (χ4n) is 1.85. The summed E-state index contributed by atoms with van der Waals surface area (Å²) >= 11 is 2.25. The first kappa shape index (κ1) is 11.9. The van der Waals surface area contributed by atoms with Gasteiger partial charge >= 0.3 is 0 Å². The molecule has 2 rings (SSSR count). The zero-order valence-electron chi connectivity index (χ0n) is 9.00. The molecule has 1 amide bonds. The highest BCUT2D eigenvalue weighted by atomic mass is 127. The predicted octanol–water partition coefficient (Wildman–Crippen LogP) is 2.23. The van der Waals surface area contributed by atoms with Gasteiger partial charge in [0.1, 0.15) is 0 Å². The summed E-state index contributed by atoms with van der Waals surface area (Å²) in [5.74, 6) is 0.251. The van der Waals surface area contributed by atoms with Gasteiger partial charge in [0.15, 0.2) is 0 Å². The van der Waals surface area contributed by atoms with Crippen LogP contribution >= 0.6 is 22.6 Å². The Morgan fingerprint density at radius 2 is 2.12 bits per heavy atom. The van der Waals surface area contributed by atoms with Crippen LogP contribution in [0.5, 0.6) is 0 Å². The van der Waals surface area contributed by atoms with Gasteiger partial charge in [-0.2, -0.15) is 0 Å². The predicted molar refractivity (Wildman–Crippen MR) is 73.4 cm³/mol. The summed E-state index contributed by atoms with van der Waals surface area (Å²) in [4.78, 5) is 11.9. The minimum Gasteiger partial charge on any atom is -0.326 e. The van der Waals surface area contributed by atoms with Gasteiger partial charge < -0.3 is 10.6 Å². The van der Waals surface area contributed by atoms with Crippen LogP contribution in [0.15, 0.2) is 24.3 Å². The monoisotopic (exact) mass is 330 g/mol. The second kappa shape index (κ2) is 5.63. The summed E-state index contributed by atoms with van der Waals surface area (Å²) in [7, 11) is 0. The average molecular weight is 330 g/mol. The van der Waals surface area contributed by atoms with Gasteiger partial charge in [0.2, 0.25) is 5.91 Å². The Morgan fingerprint density at radius 3 is 2.75 bits per heavy atom. The molecule has 86 valence electrons. The summed E-state index contributed by atoms with van der Waals surface area (Å²) in [5.41, 5.74) is 0.885. The van der Waals surface area contributed by atoms with Crippen LogP contribution in [0.25, 0.3) is 0 Å².